The van der Waals surface area contributed by atoms with Gasteiger partial charge in [-0.15, -0.1) is 0 Å². The Labute approximate surface area is 266 Å². The molecule has 0 aliphatic rings. The van der Waals surface area contributed by atoms with Gasteiger partial charge in [-0.1, -0.05) is 127 Å². The van der Waals surface area contributed by atoms with Crippen molar-refractivity contribution in [3.63, 3.8) is 0 Å². The van der Waals surface area contributed by atoms with E-state index in [-0.39, 0.29) is 0 Å². The molecule has 0 fully saturated rings. The molecule has 0 nitrogen and oxygen atoms in total. The van der Waals surface area contributed by atoms with Crippen LogP contribution in [0.4, 0.5) is 0 Å². The van der Waals surface area contributed by atoms with Gasteiger partial charge in [0, 0.05) is 0 Å². The topological polar surface area (TPSA) is 0 Å². The summed E-state index contributed by atoms with van der Waals surface area (Å²) >= 11 is 0. The molecule has 0 atom stereocenters. The fourth-order valence-electron chi connectivity index (χ4n) is 7.67. The number of hydrogen-bond acceptors (Lipinski definition) is 0. The number of benzene rings is 10. The standard InChI is InChI=1S/C46H28/c1-2-10-32-24-39-25-34(17-18-36(39)22-30(32)8-1)35-20-21-42-40(26-35)27-37-12-5-6-14-41(37)46(42)43-15-7-13-29-16-19-38-23-31-9-3-4-11-33(31)28-44(38)45(29)43/h1-28H. The van der Waals surface area contributed by atoms with Gasteiger partial charge in [0.25, 0.3) is 0 Å². The Morgan fingerprint density at radius 1 is 0.239 bits per heavy atom. The van der Waals surface area contributed by atoms with Crippen LogP contribution in [0.5, 0.6) is 0 Å². The zero-order valence-corrected chi connectivity index (χ0v) is 25.2. The minimum atomic E-state index is 1.23. The molecular formula is C46H28. The smallest absolute Gasteiger partial charge is 0.00204 e. The fourth-order valence-corrected chi connectivity index (χ4v) is 7.67. The van der Waals surface area contributed by atoms with E-state index in [0.29, 0.717) is 0 Å². The zero-order valence-electron chi connectivity index (χ0n) is 25.2. The molecule has 0 N–H and O–H groups in total. The van der Waals surface area contributed by atoms with Crippen LogP contribution in [0, 0.1) is 0 Å². The molecule has 0 aliphatic carbocycles. The van der Waals surface area contributed by atoms with E-state index in [2.05, 4.69) is 170 Å². The van der Waals surface area contributed by atoms with Crippen molar-refractivity contribution in [1.82, 2.24) is 0 Å². The molecular weight excluding hydrogens is 553 g/mol. The van der Waals surface area contributed by atoms with Gasteiger partial charge in [0.15, 0.2) is 0 Å². The monoisotopic (exact) mass is 580 g/mol. The molecule has 0 spiro atoms. The quantitative estimate of drug-likeness (QED) is 0.141. The summed E-state index contributed by atoms with van der Waals surface area (Å²) in [5.41, 5.74) is 5.06. The van der Waals surface area contributed by atoms with E-state index in [4.69, 9.17) is 0 Å². The van der Waals surface area contributed by atoms with Gasteiger partial charge in [-0.3, -0.25) is 0 Å². The summed E-state index contributed by atoms with van der Waals surface area (Å²) in [6.07, 6.45) is 0. The molecule has 0 heterocycles. The minimum Gasteiger partial charge on any atom is -0.0616 e. The van der Waals surface area contributed by atoms with Crippen LogP contribution in [0.2, 0.25) is 0 Å². The Morgan fingerprint density at radius 3 is 1.50 bits per heavy atom. The first kappa shape index (κ1) is 25.4. The maximum absolute atomic E-state index is 2.38. The summed E-state index contributed by atoms with van der Waals surface area (Å²) < 4.78 is 0. The van der Waals surface area contributed by atoms with Gasteiger partial charge >= 0.3 is 0 Å². The molecule has 0 saturated heterocycles. The van der Waals surface area contributed by atoms with E-state index in [1.54, 1.807) is 0 Å². The maximum Gasteiger partial charge on any atom is -0.00204 e. The van der Waals surface area contributed by atoms with Crippen molar-refractivity contribution in [2.75, 3.05) is 0 Å². The van der Waals surface area contributed by atoms with E-state index >= 15 is 0 Å². The molecule has 0 saturated carbocycles. The van der Waals surface area contributed by atoms with Crippen molar-refractivity contribution < 1.29 is 0 Å². The molecule has 46 heavy (non-hydrogen) atoms. The first-order valence-electron chi connectivity index (χ1n) is 16.0. The van der Waals surface area contributed by atoms with Gasteiger partial charge < -0.3 is 0 Å². The highest BCUT2D eigenvalue weighted by Gasteiger charge is 2.16. The number of hydrogen-bond donors (Lipinski definition) is 0. The Hall–Kier alpha value is -5.98. The molecule has 0 bridgehead atoms. The molecule has 10 rings (SSSR count). The van der Waals surface area contributed by atoms with Crippen molar-refractivity contribution in [1.29, 1.82) is 0 Å². The van der Waals surface area contributed by atoms with Crippen LogP contribution >= 0.6 is 0 Å². The summed E-state index contributed by atoms with van der Waals surface area (Å²) in [5.74, 6) is 0. The number of fused-ring (bicyclic) bond motifs is 8. The van der Waals surface area contributed by atoms with Crippen molar-refractivity contribution in [2.24, 2.45) is 0 Å². The van der Waals surface area contributed by atoms with Crippen LogP contribution < -0.4 is 0 Å². The predicted octanol–water partition coefficient (Wildman–Crippen LogP) is 13.1. The lowest BCUT2D eigenvalue weighted by atomic mass is 9.86. The summed E-state index contributed by atoms with van der Waals surface area (Å²) in [4.78, 5) is 0. The highest BCUT2D eigenvalue weighted by molar-refractivity contribution is 6.23. The molecule has 0 unspecified atom stereocenters. The van der Waals surface area contributed by atoms with Gasteiger partial charge in [0.05, 0.1) is 0 Å². The van der Waals surface area contributed by atoms with E-state index in [9.17, 15) is 0 Å². The summed E-state index contributed by atoms with van der Waals surface area (Å²) in [6, 6.07) is 63.1. The van der Waals surface area contributed by atoms with Crippen LogP contribution in [-0.4, -0.2) is 0 Å². The van der Waals surface area contributed by atoms with Crippen LogP contribution in [0.1, 0.15) is 0 Å². The van der Waals surface area contributed by atoms with Crippen LogP contribution in [0.25, 0.3) is 97.7 Å². The van der Waals surface area contributed by atoms with Gasteiger partial charge in [0.1, 0.15) is 0 Å². The van der Waals surface area contributed by atoms with Crippen molar-refractivity contribution in [3.05, 3.63) is 170 Å². The average Bonchev–Trinajstić information content (AvgIpc) is 3.11. The molecule has 10 aromatic carbocycles. The normalized spacial score (nSPS) is 11.9. The highest BCUT2D eigenvalue weighted by atomic mass is 14.2. The van der Waals surface area contributed by atoms with Crippen LogP contribution in [-0.2, 0) is 0 Å². The van der Waals surface area contributed by atoms with Crippen molar-refractivity contribution >= 4 is 75.4 Å². The van der Waals surface area contributed by atoms with Gasteiger partial charge in [-0.05, 0) is 140 Å². The summed E-state index contributed by atoms with van der Waals surface area (Å²) in [5, 5.41) is 17.9. The predicted molar refractivity (Wildman–Crippen MR) is 200 cm³/mol. The minimum absolute atomic E-state index is 1.23. The molecule has 0 aromatic heterocycles. The third kappa shape index (κ3) is 3.87. The molecule has 0 heteroatoms. The molecule has 0 amide bonds. The fraction of sp³-hybridized carbons (Fsp3) is 0. The lowest BCUT2D eigenvalue weighted by Crippen LogP contribution is -1.90. The molecule has 0 radical (unpaired) electrons. The third-order valence-electron chi connectivity index (χ3n) is 9.90. The second-order valence-corrected chi connectivity index (χ2v) is 12.6. The van der Waals surface area contributed by atoms with E-state index < -0.39 is 0 Å². The van der Waals surface area contributed by atoms with E-state index in [0.717, 1.165) is 0 Å². The second kappa shape index (κ2) is 9.76. The van der Waals surface area contributed by atoms with Crippen LogP contribution in [0.15, 0.2) is 170 Å². The lowest BCUT2D eigenvalue weighted by Gasteiger charge is -2.17. The molecule has 10 aromatic rings. The summed E-state index contributed by atoms with van der Waals surface area (Å²) in [6.45, 7) is 0. The third-order valence-corrected chi connectivity index (χ3v) is 9.90. The Kier molecular flexibility index (Phi) is 5.38. The molecule has 0 aliphatic heterocycles. The second-order valence-electron chi connectivity index (χ2n) is 12.6. The van der Waals surface area contributed by atoms with Gasteiger partial charge in [-0.25, -0.2) is 0 Å². The zero-order chi connectivity index (χ0) is 30.2. The summed E-state index contributed by atoms with van der Waals surface area (Å²) in [7, 11) is 0. The van der Waals surface area contributed by atoms with Gasteiger partial charge in [0.2, 0.25) is 0 Å². The lowest BCUT2D eigenvalue weighted by molar-refractivity contribution is 1.68. The Balaban J connectivity index is 1.24. The highest BCUT2D eigenvalue weighted by Crippen LogP contribution is 2.43. The Morgan fingerprint density at radius 2 is 0.717 bits per heavy atom. The first-order valence-corrected chi connectivity index (χ1v) is 16.0. The average molecular weight is 581 g/mol. The largest absolute Gasteiger partial charge is 0.0616 e. The van der Waals surface area contributed by atoms with Gasteiger partial charge in [-0.2, -0.15) is 0 Å². The van der Waals surface area contributed by atoms with Crippen LogP contribution in [0.3, 0.4) is 0 Å². The van der Waals surface area contributed by atoms with Crippen molar-refractivity contribution in [3.8, 4) is 22.3 Å². The molecule has 212 valence electrons. The first-order chi connectivity index (χ1) is 22.8. The maximum atomic E-state index is 2.38. The van der Waals surface area contributed by atoms with E-state index in [1.165, 1.54) is 97.7 Å². The van der Waals surface area contributed by atoms with E-state index in [1.807, 2.05) is 0 Å². The number of rotatable bonds is 2. The Bertz CT molecular complexity index is 2850. The SMILES string of the molecule is c1ccc2cc3cc(-c4ccc5c(-c6cccc7ccc8cc9ccccc9cc8c67)c6ccccc6cc5c4)ccc3cc2c1. The van der Waals surface area contributed by atoms with Crippen molar-refractivity contribution in [2.45, 2.75) is 0 Å².